The number of hydrogen-bond donors (Lipinski definition) is 1. The van der Waals surface area contributed by atoms with Crippen LogP contribution in [0.15, 0.2) is 0 Å². The van der Waals surface area contributed by atoms with Gasteiger partial charge in [0.05, 0.1) is 6.61 Å². The number of carbonyl (C=O) groups is 3. The normalized spacial score (nSPS) is 12.0. The number of Topliss-reactive ketones (excluding diaryl/α,β-unsaturated/α-hetero) is 1. The summed E-state index contributed by atoms with van der Waals surface area (Å²) in [5.74, 6) is -0.482. The molecule has 5 heteroatoms. The first kappa shape index (κ1) is 22.6. The number of carboxylic acids is 1. The molecule has 0 aliphatic heterocycles. The summed E-state index contributed by atoms with van der Waals surface area (Å²) in [5.41, 5.74) is 0.0430. The Kier molecular flexibility index (Phi) is 10.6. The molecule has 0 radical (unpaired) electrons. The summed E-state index contributed by atoms with van der Waals surface area (Å²) in [5, 5.41) is 8.74. The van der Waals surface area contributed by atoms with Crippen molar-refractivity contribution in [1.82, 2.24) is 0 Å². The van der Waals surface area contributed by atoms with Gasteiger partial charge in [0, 0.05) is 19.3 Å². The third kappa shape index (κ3) is 13.1. The molecule has 24 heavy (non-hydrogen) atoms. The molecule has 0 fully saturated rings. The number of carboxylic acid groups (broad SMARTS) is 1. The minimum atomic E-state index is -0.764. The molecule has 1 N–H and O–H groups in total. The topological polar surface area (TPSA) is 80.7 Å². The van der Waals surface area contributed by atoms with Crippen molar-refractivity contribution in [3.63, 3.8) is 0 Å². The van der Waals surface area contributed by atoms with Gasteiger partial charge >= 0.3 is 5.97 Å². The van der Waals surface area contributed by atoms with Gasteiger partial charge in [-0.15, -0.1) is 0 Å². The first-order valence-corrected chi connectivity index (χ1v) is 8.87. The fourth-order valence-electron chi connectivity index (χ4n) is 2.73. The number of ether oxygens (including phenoxy) is 1. The Morgan fingerprint density at radius 1 is 0.875 bits per heavy atom. The van der Waals surface area contributed by atoms with Gasteiger partial charge in [0.25, 0.3) is 6.47 Å². The van der Waals surface area contributed by atoms with Gasteiger partial charge < -0.3 is 9.84 Å². The predicted molar refractivity (Wildman–Crippen MR) is 93.8 cm³/mol. The molecule has 0 aliphatic rings. The lowest BCUT2D eigenvalue weighted by atomic mass is 9.82. The predicted octanol–water partition coefficient (Wildman–Crippen LogP) is 4.38. The Morgan fingerprint density at radius 2 is 1.38 bits per heavy atom. The van der Waals surface area contributed by atoms with Crippen molar-refractivity contribution in [3.05, 3.63) is 0 Å². The van der Waals surface area contributed by atoms with Gasteiger partial charge in [0.1, 0.15) is 5.78 Å². The smallest absolute Gasteiger partial charge is 0.303 e. The third-order valence-corrected chi connectivity index (χ3v) is 4.60. The van der Waals surface area contributed by atoms with E-state index in [1.54, 1.807) is 0 Å². The Morgan fingerprint density at radius 3 is 1.83 bits per heavy atom. The second-order valence-electron chi connectivity index (χ2n) is 8.18. The van der Waals surface area contributed by atoms with Gasteiger partial charge in [0.2, 0.25) is 0 Å². The molecule has 0 amide bonds. The van der Waals surface area contributed by atoms with Crippen LogP contribution in [0.3, 0.4) is 0 Å². The molecule has 0 aromatic heterocycles. The number of ketones is 1. The molecule has 5 nitrogen and oxygen atoms in total. The van der Waals surface area contributed by atoms with E-state index >= 15 is 0 Å². The fraction of sp³-hybridized carbons (Fsp3) is 0.842. The zero-order valence-corrected chi connectivity index (χ0v) is 15.7. The van der Waals surface area contributed by atoms with Crippen molar-refractivity contribution in [2.45, 2.75) is 85.5 Å². The van der Waals surface area contributed by atoms with E-state index in [-0.39, 0.29) is 23.0 Å². The first-order chi connectivity index (χ1) is 11.1. The molecular weight excluding hydrogens is 308 g/mol. The monoisotopic (exact) mass is 342 g/mol. The summed E-state index contributed by atoms with van der Waals surface area (Å²) in [4.78, 5) is 32.8. The molecule has 0 saturated carbocycles. The third-order valence-electron chi connectivity index (χ3n) is 4.60. The number of hydrogen-bond acceptors (Lipinski definition) is 4. The zero-order chi connectivity index (χ0) is 18.6. The molecule has 0 aromatic carbocycles. The highest BCUT2D eigenvalue weighted by Gasteiger charge is 2.20. The number of carbonyl (C=O) groups excluding carboxylic acids is 2. The maximum atomic E-state index is 12.0. The van der Waals surface area contributed by atoms with Crippen LogP contribution in [0, 0.1) is 10.8 Å². The van der Waals surface area contributed by atoms with Gasteiger partial charge in [0.15, 0.2) is 0 Å². The number of rotatable bonds is 15. The SMILES string of the molecule is CC(C)(CCCC(=O)CCCC(C)(C)CCC(=O)O)CCOC=O. The summed E-state index contributed by atoms with van der Waals surface area (Å²) in [6, 6.07) is 0. The van der Waals surface area contributed by atoms with Crippen LogP contribution in [0.4, 0.5) is 0 Å². The minimum absolute atomic E-state index is 0.0285. The Labute approximate surface area is 146 Å². The van der Waals surface area contributed by atoms with Crippen LogP contribution >= 0.6 is 0 Å². The van der Waals surface area contributed by atoms with E-state index in [0.717, 1.165) is 32.1 Å². The Balaban J connectivity index is 3.86. The molecule has 0 saturated heterocycles. The van der Waals surface area contributed by atoms with E-state index in [1.165, 1.54) is 0 Å². The van der Waals surface area contributed by atoms with Crippen molar-refractivity contribution >= 4 is 18.2 Å². The summed E-state index contributed by atoms with van der Waals surface area (Å²) in [7, 11) is 0. The Hall–Kier alpha value is -1.39. The standard InChI is InChI=1S/C19H34O5/c1-18(2,12-9-17(22)23)10-5-7-16(21)8-6-11-19(3,4)13-14-24-15-20/h15H,5-14H2,1-4H3,(H,22,23). The molecule has 0 atom stereocenters. The zero-order valence-electron chi connectivity index (χ0n) is 15.7. The van der Waals surface area contributed by atoms with E-state index in [4.69, 9.17) is 9.84 Å². The quantitative estimate of drug-likeness (QED) is 0.353. The lowest BCUT2D eigenvalue weighted by Gasteiger charge is -2.24. The molecule has 0 rings (SSSR count). The molecule has 140 valence electrons. The van der Waals surface area contributed by atoms with Crippen LogP contribution in [0.1, 0.15) is 85.5 Å². The van der Waals surface area contributed by atoms with Gasteiger partial charge in [-0.3, -0.25) is 14.4 Å². The van der Waals surface area contributed by atoms with Crippen molar-refractivity contribution in [2.75, 3.05) is 6.61 Å². The van der Waals surface area contributed by atoms with E-state index in [0.29, 0.717) is 32.3 Å². The average molecular weight is 342 g/mol. The highest BCUT2D eigenvalue weighted by atomic mass is 16.5. The lowest BCUT2D eigenvalue weighted by molar-refractivity contribution is -0.137. The van der Waals surface area contributed by atoms with E-state index in [1.807, 2.05) is 0 Å². The highest BCUT2D eigenvalue weighted by molar-refractivity contribution is 5.78. The summed E-state index contributed by atoms with van der Waals surface area (Å²) >= 11 is 0. The maximum Gasteiger partial charge on any atom is 0.303 e. The molecule has 0 heterocycles. The molecule has 0 spiro atoms. The van der Waals surface area contributed by atoms with Gasteiger partial charge in [-0.05, 0) is 49.4 Å². The van der Waals surface area contributed by atoms with Gasteiger partial charge in [-0.25, -0.2) is 0 Å². The molecule has 0 bridgehead atoms. The summed E-state index contributed by atoms with van der Waals surface area (Å²) in [6.07, 6.45) is 6.29. The molecule has 0 aliphatic carbocycles. The van der Waals surface area contributed by atoms with E-state index in [9.17, 15) is 14.4 Å². The van der Waals surface area contributed by atoms with Gasteiger partial charge in [-0.2, -0.15) is 0 Å². The van der Waals surface area contributed by atoms with Crippen LogP contribution < -0.4 is 0 Å². The second-order valence-corrected chi connectivity index (χ2v) is 8.18. The first-order valence-electron chi connectivity index (χ1n) is 8.87. The van der Waals surface area contributed by atoms with Crippen molar-refractivity contribution in [3.8, 4) is 0 Å². The molecule has 0 aromatic rings. The Bertz CT molecular complexity index is 399. The highest BCUT2D eigenvalue weighted by Crippen LogP contribution is 2.30. The van der Waals surface area contributed by atoms with Gasteiger partial charge in [-0.1, -0.05) is 27.7 Å². The van der Waals surface area contributed by atoms with Crippen molar-refractivity contribution < 1.29 is 24.2 Å². The lowest BCUT2D eigenvalue weighted by Crippen LogP contribution is -2.15. The second kappa shape index (κ2) is 11.2. The van der Waals surface area contributed by atoms with Crippen LogP contribution in [0.25, 0.3) is 0 Å². The van der Waals surface area contributed by atoms with Crippen LogP contribution in [0.5, 0.6) is 0 Å². The maximum absolute atomic E-state index is 12.0. The largest absolute Gasteiger partial charge is 0.481 e. The molecular formula is C19H34O5. The van der Waals surface area contributed by atoms with Crippen LogP contribution in [-0.4, -0.2) is 29.9 Å². The average Bonchev–Trinajstić information content (AvgIpc) is 2.45. The minimum Gasteiger partial charge on any atom is -0.481 e. The number of aliphatic carboxylic acids is 1. The van der Waals surface area contributed by atoms with Crippen LogP contribution in [-0.2, 0) is 19.1 Å². The summed E-state index contributed by atoms with van der Waals surface area (Å²) < 4.78 is 4.73. The molecule has 0 unspecified atom stereocenters. The summed E-state index contributed by atoms with van der Waals surface area (Å²) in [6.45, 7) is 9.26. The van der Waals surface area contributed by atoms with Crippen molar-refractivity contribution in [1.29, 1.82) is 0 Å². The van der Waals surface area contributed by atoms with E-state index in [2.05, 4.69) is 27.7 Å². The van der Waals surface area contributed by atoms with Crippen LogP contribution in [0.2, 0.25) is 0 Å². The van der Waals surface area contributed by atoms with E-state index < -0.39 is 5.97 Å². The fourth-order valence-corrected chi connectivity index (χ4v) is 2.73. The van der Waals surface area contributed by atoms with Crippen molar-refractivity contribution in [2.24, 2.45) is 10.8 Å².